The molecule has 0 saturated heterocycles. The van der Waals surface area contributed by atoms with E-state index in [9.17, 15) is 5.11 Å². The maximum atomic E-state index is 9.79. The van der Waals surface area contributed by atoms with Gasteiger partial charge in [0.2, 0.25) is 0 Å². The highest BCUT2D eigenvalue weighted by Crippen LogP contribution is 2.33. The summed E-state index contributed by atoms with van der Waals surface area (Å²) in [6.07, 6.45) is 2.76. The molecular weight excluding hydrogens is 150 g/mol. The van der Waals surface area contributed by atoms with E-state index in [1.807, 2.05) is 0 Å². The number of aromatic nitrogens is 1. The quantitative estimate of drug-likeness (QED) is 0.619. The van der Waals surface area contributed by atoms with Gasteiger partial charge in [-0.05, 0) is 18.6 Å². The van der Waals surface area contributed by atoms with Crippen molar-refractivity contribution in [1.29, 1.82) is 0 Å². The second kappa shape index (κ2) is 2.36. The Hall–Kier alpha value is -0.760. The highest BCUT2D eigenvalue weighted by atomic mass is 16.3. The molecule has 0 amide bonds. The van der Waals surface area contributed by atoms with E-state index in [0.717, 1.165) is 13.0 Å². The van der Waals surface area contributed by atoms with Crippen molar-refractivity contribution in [1.82, 2.24) is 4.57 Å². The van der Waals surface area contributed by atoms with Crippen LogP contribution in [0.15, 0.2) is 18.3 Å². The normalized spacial score (nSPS) is 26.8. The molecule has 1 aromatic rings. The Labute approximate surface area is 72.8 Å². The first-order valence-electron chi connectivity index (χ1n) is 4.46. The highest BCUT2D eigenvalue weighted by Gasteiger charge is 2.35. The smallest absolute Gasteiger partial charge is 0.0662 e. The monoisotopic (exact) mass is 165 g/mol. The first-order chi connectivity index (χ1) is 5.62. The van der Waals surface area contributed by atoms with E-state index < -0.39 is 0 Å². The third-order valence-corrected chi connectivity index (χ3v) is 2.97. The zero-order valence-corrected chi connectivity index (χ0v) is 7.62. The van der Waals surface area contributed by atoms with Crippen LogP contribution in [0.5, 0.6) is 0 Å². The predicted molar refractivity (Wildman–Crippen MR) is 48.1 cm³/mol. The average molecular weight is 165 g/mol. The van der Waals surface area contributed by atoms with Gasteiger partial charge >= 0.3 is 0 Å². The molecule has 1 aliphatic heterocycles. The van der Waals surface area contributed by atoms with Gasteiger partial charge in [0.15, 0.2) is 0 Å². The largest absolute Gasteiger partial charge is 0.392 e. The lowest BCUT2D eigenvalue weighted by Gasteiger charge is -2.36. The van der Waals surface area contributed by atoms with Crippen molar-refractivity contribution >= 4 is 0 Å². The van der Waals surface area contributed by atoms with Gasteiger partial charge in [0, 0.05) is 23.9 Å². The van der Waals surface area contributed by atoms with Crippen LogP contribution in [0.3, 0.4) is 0 Å². The highest BCUT2D eigenvalue weighted by molar-refractivity contribution is 5.21. The summed E-state index contributed by atoms with van der Waals surface area (Å²) < 4.78 is 2.23. The molecule has 1 atom stereocenters. The van der Waals surface area contributed by atoms with E-state index in [0.29, 0.717) is 0 Å². The number of rotatable bonds is 0. The van der Waals surface area contributed by atoms with Gasteiger partial charge in [0.25, 0.3) is 0 Å². The third-order valence-electron chi connectivity index (χ3n) is 2.97. The van der Waals surface area contributed by atoms with Crippen LogP contribution in [-0.4, -0.2) is 15.8 Å². The Morgan fingerprint density at radius 3 is 3.08 bits per heavy atom. The molecule has 1 N–H and O–H groups in total. The van der Waals surface area contributed by atoms with Gasteiger partial charge in [-0.2, -0.15) is 0 Å². The van der Waals surface area contributed by atoms with Crippen LogP contribution in [0.25, 0.3) is 0 Å². The Kier molecular flexibility index (Phi) is 1.55. The van der Waals surface area contributed by atoms with Gasteiger partial charge in [0.05, 0.1) is 6.10 Å². The van der Waals surface area contributed by atoms with Crippen LogP contribution in [0.4, 0.5) is 0 Å². The molecule has 0 saturated carbocycles. The van der Waals surface area contributed by atoms with Crippen LogP contribution in [0, 0.1) is 0 Å². The van der Waals surface area contributed by atoms with Crippen molar-refractivity contribution in [2.75, 3.05) is 0 Å². The third kappa shape index (κ3) is 0.911. The predicted octanol–water partition coefficient (Wildman–Crippen LogP) is 1.53. The number of aliphatic hydroxyl groups is 1. The molecule has 1 unspecified atom stereocenters. The fourth-order valence-corrected chi connectivity index (χ4v) is 1.99. The molecule has 1 aliphatic rings. The molecule has 0 spiro atoms. The number of fused-ring (bicyclic) bond motifs is 1. The maximum absolute atomic E-state index is 9.79. The van der Waals surface area contributed by atoms with Gasteiger partial charge in [-0.1, -0.05) is 13.8 Å². The minimum absolute atomic E-state index is 0.0816. The number of hydrogen-bond donors (Lipinski definition) is 1. The molecule has 2 nitrogen and oxygen atoms in total. The Morgan fingerprint density at radius 2 is 2.33 bits per heavy atom. The first-order valence-corrected chi connectivity index (χ1v) is 4.46. The van der Waals surface area contributed by atoms with Crippen molar-refractivity contribution in [3.8, 4) is 0 Å². The van der Waals surface area contributed by atoms with E-state index in [2.05, 4.69) is 36.7 Å². The van der Waals surface area contributed by atoms with Gasteiger partial charge in [-0.15, -0.1) is 0 Å². The van der Waals surface area contributed by atoms with E-state index in [-0.39, 0.29) is 11.5 Å². The van der Waals surface area contributed by atoms with Gasteiger partial charge < -0.3 is 9.67 Å². The lowest BCUT2D eigenvalue weighted by Crippen LogP contribution is -2.40. The molecule has 0 aliphatic carbocycles. The molecule has 0 bridgehead atoms. The fraction of sp³-hybridized carbons (Fsp3) is 0.600. The molecule has 1 aromatic heterocycles. The molecule has 0 radical (unpaired) electrons. The van der Waals surface area contributed by atoms with Crippen LogP contribution in [0.2, 0.25) is 0 Å². The number of nitrogens with zero attached hydrogens (tertiary/aromatic N) is 1. The van der Waals surface area contributed by atoms with Crippen molar-refractivity contribution in [3.05, 3.63) is 24.0 Å². The second-order valence-electron chi connectivity index (χ2n) is 4.11. The van der Waals surface area contributed by atoms with E-state index in [1.54, 1.807) is 0 Å². The number of aliphatic hydroxyl groups excluding tert-OH is 1. The average Bonchev–Trinajstić information content (AvgIpc) is 2.46. The Bertz CT molecular complexity index is 288. The Morgan fingerprint density at radius 1 is 1.58 bits per heavy atom. The minimum atomic E-state index is -0.195. The molecular formula is C10H15NO. The summed E-state index contributed by atoms with van der Waals surface area (Å²) in [6.45, 7) is 5.15. The lowest BCUT2D eigenvalue weighted by atomic mass is 9.79. The van der Waals surface area contributed by atoms with E-state index in [1.165, 1.54) is 5.69 Å². The summed E-state index contributed by atoms with van der Waals surface area (Å²) in [6, 6.07) is 4.15. The van der Waals surface area contributed by atoms with E-state index in [4.69, 9.17) is 0 Å². The molecule has 2 heterocycles. The Balaban J connectivity index is 2.49. The zero-order chi connectivity index (χ0) is 8.77. The fourth-order valence-electron chi connectivity index (χ4n) is 1.99. The van der Waals surface area contributed by atoms with Gasteiger partial charge in [0.1, 0.15) is 0 Å². The molecule has 2 heteroatoms. The molecule has 66 valence electrons. The standard InChI is InChI=1S/C10H15NO/c1-10(2)8-4-3-6-11(8)7-5-9(10)12/h3-4,6,9,12H,5,7H2,1-2H3. The number of aryl methyl sites for hydroxylation is 1. The summed E-state index contributed by atoms with van der Waals surface area (Å²) in [5.74, 6) is 0. The minimum Gasteiger partial charge on any atom is -0.392 e. The van der Waals surface area contributed by atoms with Crippen LogP contribution in [0.1, 0.15) is 26.0 Å². The van der Waals surface area contributed by atoms with E-state index >= 15 is 0 Å². The molecule has 0 aromatic carbocycles. The number of hydrogen-bond acceptors (Lipinski definition) is 1. The molecule has 0 fully saturated rings. The lowest BCUT2D eigenvalue weighted by molar-refractivity contribution is 0.0672. The van der Waals surface area contributed by atoms with Crippen LogP contribution >= 0.6 is 0 Å². The van der Waals surface area contributed by atoms with Crippen molar-refractivity contribution in [2.24, 2.45) is 0 Å². The van der Waals surface area contributed by atoms with Gasteiger partial charge in [-0.25, -0.2) is 0 Å². The zero-order valence-electron chi connectivity index (χ0n) is 7.62. The summed E-state index contributed by atoms with van der Waals surface area (Å²) in [5.41, 5.74) is 1.17. The SMILES string of the molecule is CC1(C)c2cccn2CCC1O. The summed E-state index contributed by atoms with van der Waals surface area (Å²) in [5, 5.41) is 9.79. The van der Waals surface area contributed by atoms with Crippen molar-refractivity contribution in [2.45, 2.75) is 38.3 Å². The summed E-state index contributed by atoms with van der Waals surface area (Å²) in [4.78, 5) is 0. The van der Waals surface area contributed by atoms with Crippen LogP contribution in [-0.2, 0) is 12.0 Å². The maximum Gasteiger partial charge on any atom is 0.0662 e. The summed E-state index contributed by atoms with van der Waals surface area (Å²) in [7, 11) is 0. The van der Waals surface area contributed by atoms with Crippen LogP contribution < -0.4 is 0 Å². The van der Waals surface area contributed by atoms with Crippen molar-refractivity contribution in [3.63, 3.8) is 0 Å². The topological polar surface area (TPSA) is 25.2 Å². The second-order valence-corrected chi connectivity index (χ2v) is 4.11. The van der Waals surface area contributed by atoms with Crippen molar-refractivity contribution < 1.29 is 5.11 Å². The van der Waals surface area contributed by atoms with Gasteiger partial charge in [-0.3, -0.25) is 0 Å². The molecule has 12 heavy (non-hydrogen) atoms. The molecule has 2 rings (SSSR count). The summed E-state index contributed by atoms with van der Waals surface area (Å²) >= 11 is 0. The first kappa shape index (κ1) is 7.87.